The number of nitrogens with one attached hydrogen (secondary N) is 1. The van der Waals surface area contributed by atoms with E-state index in [1.807, 2.05) is 31.3 Å². The lowest BCUT2D eigenvalue weighted by molar-refractivity contribution is 0.104. The van der Waals surface area contributed by atoms with Gasteiger partial charge in [-0.05, 0) is 25.2 Å². The van der Waals surface area contributed by atoms with Gasteiger partial charge in [0.25, 0.3) is 0 Å². The van der Waals surface area contributed by atoms with Gasteiger partial charge in [0.1, 0.15) is 0 Å². The highest BCUT2D eigenvalue weighted by atomic mass is 32.1. The molecule has 3 aromatic rings. The van der Waals surface area contributed by atoms with Crippen LogP contribution in [0, 0.1) is 4.77 Å². The highest BCUT2D eigenvalue weighted by Crippen LogP contribution is 2.23. The quantitative estimate of drug-likeness (QED) is 0.745. The molecule has 1 aromatic carbocycles. The molecule has 0 saturated heterocycles. The fraction of sp³-hybridized carbons (Fsp3) is 0.286. The average molecular weight is 273 g/mol. The van der Waals surface area contributed by atoms with Crippen LogP contribution in [0.4, 0.5) is 0 Å². The number of methoxy groups -OCH3 is 1. The monoisotopic (exact) mass is 273 g/mol. The van der Waals surface area contributed by atoms with Crippen molar-refractivity contribution in [3.05, 3.63) is 35.2 Å². The molecular weight excluding hydrogens is 258 g/mol. The minimum atomic E-state index is 0.109. The summed E-state index contributed by atoms with van der Waals surface area (Å²) in [4.78, 5) is 7.65. The predicted octanol–water partition coefficient (Wildman–Crippen LogP) is 3.28. The summed E-state index contributed by atoms with van der Waals surface area (Å²) in [5, 5.41) is 1.11. The molecule has 2 aromatic heterocycles. The number of aromatic nitrogens is 3. The van der Waals surface area contributed by atoms with Crippen LogP contribution in [-0.4, -0.2) is 27.7 Å². The maximum Gasteiger partial charge on any atom is 0.178 e. The summed E-state index contributed by atoms with van der Waals surface area (Å²) in [5.74, 6) is 0. The van der Waals surface area contributed by atoms with Crippen molar-refractivity contribution in [3.63, 3.8) is 0 Å². The molecule has 98 valence electrons. The molecule has 5 heteroatoms. The summed E-state index contributed by atoms with van der Waals surface area (Å²) < 4.78 is 8.13. The Morgan fingerprint density at radius 2 is 2.21 bits per heavy atom. The molecule has 4 nitrogen and oxygen atoms in total. The van der Waals surface area contributed by atoms with E-state index in [0.717, 1.165) is 28.5 Å². The van der Waals surface area contributed by atoms with Gasteiger partial charge in [-0.1, -0.05) is 18.2 Å². The van der Waals surface area contributed by atoms with Crippen LogP contribution in [0.1, 0.15) is 6.92 Å². The van der Waals surface area contributed by atoms with Crippen LogP contribution in [0.15, 0.2) is 30.5 Å². The minimum Gasteiger partial charge on any atom is -0.380 e. The average Bonchev–Trinajstić information content (AvgIpc) is 2.75. The first-order valence-electron chi connectivity index (χ1n) is 6.19. The number of pyridine rings is 1. The third kappa shape index (κ3) is 2.05. The number of fused-ring (bicyclic) bond motifs is 3. The number of hydrogen-bond donors (Lipinski definition) is 1. The van der Waals surface area contributed by atoms with Gasteiger partial charge in [0, 0.05) is 12.5 Å². The number of imidazole rings is 1. The van der Waals surface area contributed by atoms with Gasteiger partial charge in [0.15, 0.2) is 4.77 Å². The van der Waals surface area contributed by atoms with E-state index < -0.39 is 0 Å². The number of ether oxygens (including phenoxy) is 1. The van der Waals surface area contributed by atoms with Crippen molar-refractivity contribution in [1.29, 1.82) is 0 Å². The minimum absolute atomic E-state index is 0.109. The van der Waals surface area contributed by atoms with Crippen LogP contribution in [0.25, 0.3) is 21.9 Å². The van der Waals surface area contributed by atoms with Crippen LogP contribution in [0.3, 0.4) is 0 Å². The molecule has 0 aliphatic heterocycles. The van der Waals surface area contributed by atoms with Crippen LogP contribution >= 0.6 is 12.2 Å². The van der Waals surface area contributed by atoms with E-state index in [2.05, 4.69) is 20.6 Å². The third-order valence-electron chi connectivity index (χ3n) is 3.35. The van der Waals surface area contributed by atoms with Crippen molar-refractivity contribution in [3.8, 4) is 0 Å². The van der Waals surface area contributed by atoms with E-state index in [1.165, 1.54) is 0 Å². The van der Waals surface area contributed by atoms with Gasteiger partial charge in [0.05, 0.1) is 35.4 Å². The molecular formula is C14H15N3OS. The standard InChI is InChI=1S/C14H15N3OS/c1-9(18-2)8-17-13-10-5-3-4-6-11(10)15-7-12(13)16-14(17)19/h3-7,9H,8H2,1-2H3,(H,16,19). The van der Waals surface area contributed by atoms with Crippen molar-refractivity contribution in [2.75, 3.05) is 7.11 Å². The van der Waals surface area contributed by atoms with Crippen LogP contribution in [-0.2, 0) is 11.3 Å². The maximum absolute atomic E-state index is 5.41. The molecule has 1 unspecified atom stereocenters. The molecule has 1 N–H and O–H groups in total. The number of nitrogens with zero attached hydrogens (tertiary/aromatic N) is 2. The maximum atomic E-state index is 5.41. The summed E-state index contributed by atoms with van der Waals surface area (Å²) in [6.07, 6.45) is 1.94. The predicted molar refractivity (Wildman–Crippen MR) is 78.9 cm³/mol. The SMILES string of the molecule is COC(C)Cn1c(=S)[nH]c2cnc3ccccc3c21. The van der Waals surface area contributed by atoms with Crippen LogP contribution in [0.5, 0.6) is 0 Å². The summed E-state index contributed by atoms with van der Waals surface area (Å²) in [6.45, 7) is 2.76. The molecule has 3 rings (SSSR count). The Bertz CT molecular complexity index is 790. The van der Waals surface area contributed by atoms with Gasteiger partial charge in [-0.25, -0.2) is 0 Å². The fourth-order valence-corrected chi connectivity index (χ4v) is 2.57. The van der Waals surface area contributed by atoms with Gasteiger partial charge in [0.2, 0.25) is 0 Å². The molecule has 19 heavy (non-hydrogen) atoms. The van der Waals surface area contributed by atoms with Crippen LogP contribution in [0.2, 0.25) is 0 Å². The zero-order chi connectivity index (χ0) is 13.4. The molecule has 0 aliphatic rings. The Hall–Kier alpha value is -1.72. The first kappa shape index (κ1) is 12.3. The van der Waals surface area contributed by atoms with E-state index in [4.69, 9.17) is 17.0 Å². The van der Waals surface area contributed by atoms with Crippen molar-refractivity contribution >= 4 is 34.2 Å². The number of para-hydroxylation sites is 1. The van der Waals surface area contributed by atoms with E-state index in [1.54, 1.807) is 7.11 Å². The first-order valence-corrected chi connectivity index (χ1v) is 6.60. The summed E-state index contributed by atoms with van der Waals surface area (Å²) in [5.41, 5.74) is 3.04. The van der Waals surface area contributed by atoms with Crippen molar-refractivity contribution in [1.82, 2.24) is 14.5 Å². The second kappa shape index (κ2) is 4.75. The number of hydrogen-bond acceptors (Lipinski definition) is 3. The molecule has 0 radical (unpaired) electrons. The summed E-state index contributed by atoms with van der Waals surface area (Å²) in [6, 6.07) is 8.09. The summed E-state index contributed by atoms with van der Waals surface area (Å²) >= 11 is 5.41. The number of rotatable bonds is 3. The van der Waals surface area contributed by atoms with Crippen LogP contribution < -0.4 is 0 Å². The van der Waals surface area contributed by atoms with E-state index in [-0.39, 0.29) is 6.10 Å². The van der Waals surface area contributed by atoms with Gasteiger partial charge >= 0.3 is 0 Å². The lowest BCUT2D eigenvalue weighted by Crippen LogP contribution is -2.14. The number of aromatic amines is 1. The second-order valence-electron chi connectivity index (χ2n) is 4.62. The van der Waals surface area contributed by atoms with Crippen molar-refractivity contribution in [2.24, 2.45) is 0 Å². The van der Waals surface area contributed by atoms with Crippen molar-refractivity contribution in [2.45, 2.75) is 19.6 Å². The molecule has 1 atom stereocenters. The molecule has 0 saturated carbocycles. The fourth-order valence-electron chi connectivity index (χ4n) is 2.30. The Morgan fingerprint density at radius 1 is 1.42 bits per heavy atom. The lowest BCUT2D eigenvalue weighted by Gasteiger charge is -2.12. The Labute approximate surface area is 116 Å². The Balaban J connectivity index is 2.33. The summed E-state index contributed by atoms with van der Waals surface area (Å²) in [7, 11) is 1.71. The first-order chi connectivity index (χ1) is 9.20. The number of benzene rings is 1. The smallest absolute Gasteiger partial charge is 0.178 e. The second-order valence-corrected chi connectivity index (χ2v) is 5.01. The van der Waals surface area contributed by atoms with Gasteiger partial charge in [-0.2, -0.15) is 0 Å². The van der Waals surface area contributed by atoms with E-state index in [9.17, 15) is 0 Å². The molecule has 0 bridgehead atoms. The zero-order valence-corrected chi connectivity index (χ0v) is 11.7. The topological polar surface area (TPSA) is 42.8 Å². The zero-order valence-electron chi connectivity index (χ0n) is 10.9. The van der Waals surface area contributed by atoms with Crippen molar-refractivity contribution < 1.29 is 4.74 Å². The van der Waals surface area contributed by atoms with E-state index in [0.29, 0.717) is 4.77 Å². The highest BCUT2D eigenvalue weighted by Gasteiger charge is 2.11. The third-order valence-corrected chi connectivity index (χ3v) is 3.67. The van der Waals surface area contributed by atoms with Gasteiger partial charge in [-0.3, -0.25) is 4.98 Å². The van der Waals surface area contributed by atoms with Gasteiger partial charge in [-0.15, -0.1) is 0 Å². The van der Waals surface area contributed by atoms with Gasteiger partial charge < -0.3 is 14.3 Å². The normalized spacial score (nSPS) is 13.2. The lowest BCUT2D eigenvalue weighted by atomic mass is 10.2. The molecule has 0 fully saturated rings. The molecule has 2 heterocycles. The molecule has 0 amide bonds. The largest absolute Gasteiger partial charge is 0.380 e. The van der Waals surface area contributed by atoms with E-state index >= 15 is 0 Å². The highest BCUT2D eigenvalue weighted by molar-refractivity contribution is 7.71. The molecule has 0 spiro atoms. The Morgan fingerprint density at radius 3 is 3.00 bits per heavy atom. The molecule has 0 aliphatic carbocycles. The Kier molecular flexibility index (Phi) is 3.08. The number of H-pyrrole nitrogens is 1.